The van der Waals surface area contributed by atoms with Gasteiger partial charge in [0.15, 0.2) is 0 Å². The van der Waals surface area contributed by atoms with Crippen LogP contribution in [0.5, 0.6) is 0 Å². The first-order valence-corrected chi connectivity index (χ1v) is 13.6. The Kier molecular flexibility index (Phi) is 6.05. The average Bonchev–Trinajstić information content (AvgIpc) is 3.45. The van der Waals surface area contributed by atoms with E-state index in [0.29, 0.717) is 5.41 Å². The lowest BCUT2D eigenvalue weighted by molar-refractivity contribution is -0.0516. The van der Waals surface area contributed by atoms with Crippen LogP contribution in [0.4, 0.5) is 0 Å². The van der Waals surface area contributed by atoms with Gasteiger partial charge in [0.1, 0.15) is 11.1 Å². The quantitative estimate of drug-likeness (QED) is 0.304. The number of hydrogen-bond acceptors (Lipinski definition) is 2. The number of aliphatic hydroxyl groups is 1. The van der Waals surface area contributed by atoms with Crippen LogP contribution >= 0.6 is 0 Å². The Balaban J connectivity index is 1.46. The number of nitrogens with zero attached hydrogens (tertiary/aromatic N) is 2. The van der Waals surface area contributed by atoms with E-state index >= 15 is 0 Å². The summed E-state index contributed by atoms with van der Waals surface area (Å²) in [5.41, 5.74) is 3.32. The van der Waals surface area contributed by atoms with Crippen molar-refractivity contribution in [2.24, 2.45) is 5.41 Å². The van der Waals surface area contributed by atoms with Gasteiger partial charge in [0.25, 0.3) is 0 Å². The minimum absolute atomic E-state index is 0.453. The van der Waals surface area contributed by atoms with Gasteiger partial charge in [0.05, 0.1) is 12.0 Å². The monoisotopic (exact) mass is 476 g/mol. The Morgan fingerprint density at radius 2 is 1.08 bits per heavy atom. The number of aromatic nitrogens is 2. The number of hydrogen-bond donors (Lipinski definition) is 1. The summed E-state index contributed by atoms with van der Waals surface area (Å²) < 4.78 is 2.23. The number of imidazole rings is 1. The SMILES string of the molecule is OC1(c2cn(C(c3ccccc3)(c3ccccc3)c3ccccc3)cn2)CCC2(CCCCC2)CC1. The fraction of sp³-hybridized carbons (Fsp3) is 0.364. The maximum Gasteiger partial charge on any atom is 0.121 e. The van der Waals surface area contributed by atoms with Gasteiger partial charge in [-0.15, -0.1) is 0 Å². The molecule has 1 aromatic heterocycles. The third kappa shape index (κ3) is 3.90. The van der Waals surface area contributed by atoms with Crippen molar-refractivity contribution in [3.63, 3.8) is 0 Å². The van der Waals surface area contributed by atoms with E-state index in [1.165, 1.54) is 48.8 Å². The summed E-state index contributed by atoms with van der Waals surface area (Å²) in [6, 6.07) is 32.0. The van der Waals surface area contributed by atoms with Crippen LogP contribution in [0.2, 0.25) is 0 Å². The lowest BCUT2D eigenvalue weighted by Crippen LogP contribution is -2.39. The van der Waals surface area contributed by atoms with Crippen molar-refractivity contribution in [3.05, 3.63) is 126 Å². The average molecular weight is 477 g/mol. The predicted molar refractivity (Wildman–Crippen MR) is 145 cm³/mol. The van der Waals surface area contributed by atoms with Crippen LogP contribution in [0, 0.1) is 5.41 Å². The van der Waals surface area contributed by atoms with E-state index in [9.17, 15) is 5.11 Å². The highest BCUT2D eigenvalue weighted by molar-refractivity contribution is 5.50. The van der Waals surface area contributed by atoms with E-state index in [2.05, 4.69) is 102 Å². The normalized spacial score (nSPS) is 19.2. The molecule has 3 nitrogen and oxygen atoms in total. The summed E-state index contributed by atoms with van der Waals surface area (Å²) in [4.78, 5) is 4.90. The molecule has 0 atom stereocenters. The molecule has 1 heterocycles. The second-order valence-electron chi connectivity index (χ2n) is 11.1. The van der Waals surface area contributed by atoms with Crippen LogP contribution in [0.3, 0.4) is 0 Å². The number of rotatable bonds is 5. The van der Waals surface area contributed by atoms with Gasteiger partial charge in [0.2, 0.25) is 0 Å². The van der Waals surface area contributed by atoms with Crippen molar-refractivity contribution >= 4 is 0 Å². The van der Waals surface area contributed by atoms with Gasteiger partial charge in [-0.2, -0.15) is 0 Å². The summed E-state index contributed by atoms with van der Waals surface area (Å²) in [6.07, 6.45) is 14.6. The zero-order valence-corrected chi connectivity index (χ0v) is 21.0. The molecule has 6 rings (SSSR count). The van der Waals surface area contributed by atoms with Gasteiger partial charge in [0, 0.05) is 6.20 Å². The van der Waals surface area contributed by atoms with Crippen LogP contribution in [-0.2, 0) is 11.1 Å². The van der Waals surface area contributed by atoms with E-state index < -0.39 is 11.1 Å². The maximum absolute atomic E-state index is 11.9. The van der Waals surface area contributed by atoms with Gasteiger partial charge in [-0.05, 0) is 60.6 Å². The molecular formula is C33H36N2O. The molecule has 0 saturated heterocycles. The van der Waals surface area contributed by atoms with E-state index in [4.69, 9.17) is 4.98 Å². The smallest absolute Gasteiger partial charge is 0.121 e. The van der Waals surface area contributed by atoms with Crippen molar-refractivity contribution in [2.45, 2.75) is 68.9 Å². The van der Waals surface area contributed by atoms with Gasteiger partial charge in [-0.25, -0.2) is 4.98 Å². The highest BCUT2D eigenvalue weighted by Gasteiger charge is 2.45. The van der Waals surface area contributed by atoms with Crippen LogP contribution < -0.4 is 0 Å². The third-order valence-electron chi connectivity index (χ3n) is 9.07. The Labute approximate surface area is 214 Å². The van der Waals surface area contributed by atoms with Crippen LogP contribution in [0.25, 0.3) is 0 Å². The van der Waals surface area contributed by atoms with Gasteiger partial charge in [-0.1, -0.05) is 110 Å². The molecular weight excluding hydrogens is 440 g/mol. The van der Waals surface area contributed by atoms with Gasteiger partial charge >= 0.3 is 0 Å². The first-order chi connectivity index (χ1) is 17.6. The van der Waals surface area contributed by atoms with E-state index in [1.54, 1.807) is 0 Å². The Hall–Kier alpha value is -3.17. The van der Waals surface area contributed by atoms with E-state index in [1.807, 2.05) is 6.33 Å². The Bertz CT molecular complexity index is 1170. The van der Waals surface area contributed by atoms with Crippen LogP contribution in [-0.4, -0.2) is 14.7 Å². The zero-order chi connectivity index (χ0) is 24.5. The molecule has 3 heteroatoms. The topological polar surface area (TPSA) is 38.0 Å². The minimum Gasteiger partial charge on any atom is -0.383 e. The molecule has 1 N–H and O–H groups in total. The summed E-state index contributed by atoms with van der Waals surface area (Å²) in [6.45, 7) is 0. The van der Waals surface area contributed by atoms with Crippen molar-refractivity contribution < 1.29 is 5.11 Å². The zero-order valence-electron chi connectivity index (χ0n) is 21.0. The summed E-state index contributed by atoms with van der Waals surface area (Å²) >= 11 is 0. The van der Waals surface area contributed by atoms with Crippen LogP contribution in [0.15, 0.2) is 104 Å². The van der Waals surface area contributed by atoms with Crippen molar-refractivity contribution in [1.29, 1.82) is 0 Å². The molecule has 0 aliphatic heterocycles. The molecule has 0 radical (unpaired) electrons. The maximum atomic E-state index is 11.9. The van der Waals surface area contributed by atoms with E-state index in [0.717, 1.165) is 31.4 Å². The molecule has 2 fully saturated rings. The molecule has 2 aliphatic rings. The summed E-state index contributed by atoms with van der Waals surface area (Å²) in [7, 11) is 0. The first kappa shape index (κ1) is 23.2. The van der Waals surface area contributed by atoms with E-state index in [-0.39, 0.29) is 0 Å². The lowest BCUT2D eigenvalue weighted by Gasteiger charge is -2.45. The fourth-order valence-corrected chi connectivity index (χ4v) is 6.98. The van der Waals surface area contributed by atoms with Gasteiger partial charge in [-0.3, -0.25) is 0 Å². The van der Waals surface area contributed by atoms with Crippen molar-refractivity contribution in [2.75, 3.05) is 0 Å². The second kappa shape index (κ2) is 9.37. The highest BCUT2D eigenvalue weighted by Crippen LogP contribution is 2.52. The molecule has 3 aromatic carbocycles. The molecule has 4 aromatic rings. The lowest BCUT2D eigenvalue weighted by atomic mass is 9.62. The predicted octanol–water partition coefficient (Wildman–Crippen LogP) is 7.44. The summed E-state index contributed by atoms with van der Waals surface area (Å²) in [5, 5.41) is 11.9. The largest absolute Gasteiger partial charge is 0.383 e. The molecule has 0 bridgehead atoms. The number of benzene rings is 3. The highest BCUT2D eigenvalue weighted by atomic mass is 16.3. The first-order valence-electron chi connectivity index (χ1n) is 13.6. The summed E-state index contributed by atoms with van der Waals surface area (Å²) in [5.74, 6) is 0. The van der Waals surface area contributed by atoms with Gasteiger partial charge < -0.3 is 9.67 Å². The molecule has 0 unspecified atom stereocenters. The van der Waals surface area contributed by atoms with Crippen molar-refractivity contribution in [1.82, 2.24) is 9.55 Å². The second-order valence-corrected chi connectivity index (χ2v) is 11.1. The fourth-order valence-electron chi connectivity index (χ4n) is 6.98. The standard InChI is InChI=1S/C33H36N2O/c36-32(23-21-31(22-24-32)19-11-4-12-20-31)30-25-35(26-34-30)33(27-13-5-1-6-14-27,28-15-7-2-8-16-28)29-17-9-3-10-18-29/h1-3,5-10,13-18,25-26,36H,4,11-12,19-24H2. The molecule has 0 amide bonds. The molecule has 1 spiro atoms. The molecule has 36 heavy (non-hydrogen) atoms. The third-order valence-corrected chi connectivity index (χ3v) is 9.07. The Morgan fingerprint density at radius 3 is 1.56 bits per heavy atom. The van der Waals surface area contributed by atoms with Crippen LogP contribution in [0.1, 0.15) is 80.2 Å². The Morgan fingerprint density at radius 1 is 0.611 bits per heavy atom. The molecule has 184 valence electrons. The minimum atomic E-state index is -0.857. The van der Waals surface area contributed by atoms with Crippen molar-refractivity contribution in [3.8, 4) is 0 Å². The molecule has 2 saturated carbocycles. The molecule has 2 aliphatic carbocycles.